The molecule has 0 aliphatic carbocycles. The zero-order chi connectivity index (χ0) is 43.4. The third-order valence-corrected chi connectivity index (χ3v) is 6.05. The topological polar surface area (TPSA) is 235 Å². The Morgan fingerprint density at radius 1 is 0.839 bits per heavy atom. The standard InChI is InChI=1S/C16H31N2O6.C8H8O2.C7H17N3O.C3H8O.3C2H6.W/c1-14(2)15(13-19)18-16(20)3-5-21-7-9-23-11-12-24-10-8-22-6-4-17;9-7-10-6-8-4-2-1-3-5-8;1-10-6(7(9)11)4-2-3-5-8;1-2-3-4;3*1-2;/h13-15,17H,3-12H2,1-2H3,(H,18,20);1-5,7H,6H2;6,10H,2-5,8H2,1H3,(H2,9,11);4H,2-3H2,1H3;3*1-2H3;/q-1;;;;;;;. The third kappa shape index (κ3) is 60.9. The third-order valence-electron chi connectivity index (χ3n) is 6.05. The quantitative estimate of drug-likeness (QED) is 0.0589. The number of hydrogen-bond donors (Lipinski definition) is 5. The van der Waals surface area contributed by atoms with Crippen molar-refractivity contribution in [3.8, 4) is 0 Å². The van der Waals surface area contributed by atoms with Crippen molar-refractivity contribution in [2.24, 2.45) is 17.4 Å². The molecule has 334 valence electrons. The fourth-order valence-corrected chi connectivity index (χ4v) is 3.24. The zero-order valence-electron chi connectivity index (χ0n) is 36.5. The van der Waals surface area contributed by atoms with Crippen molar-refractivity contribution in [3.05, 3.63) is 41.6 Å². The van der Waals surface area contributed by atoms with Crippen molar-refractivity contribution in [2.45, 2.75) is 113 Å². The number of aliphatic hydroxyl groups excluding tert-OH is 1. The Balaban J connectivity index is -0.000000125. The number of likely N-dealkylation sites (N-methyl/N-ethyl adjacent to an activating group) is 1. The molecule has 0 aromatic heterocycles. The fourth-order valence-electron chi connectivity index (χ4n) is 3.24. The molecule has 0 heterocycles. The van der Waals surface area contributed by atoms with Gasteiger partial charge >= 0.3 is 0 Å². The van der Waals surface area contributed by atoms with Gasteiger partial charge in [0, 0.05) is 40.7 Å². The number of hydrogen-bond acceptors (Lipinski definition) is 12. The minimum absolute atomic E-state index is 0. The number of nitrogens with one attached hydrogen (secondary N) is 3. The summed E-state index contributed by atoms with van der Waals surface area (Å²) in [5.41, 5.74) is 18.3. The molecule has 0 spiro atoms. The Bertz CT molecular complexity index is 877. The van der Waals surface area contributed by atoms with Crippen LogP contribution in [0.2, 0.25) is 0 Å². The molecule has 0 fully saturated rings. The van der Waals surface area contributed by atoms with Gasteiger partial charge in [-0.15, -0.1) is 6.54 Å². The van der Waals surface area contributed by atoms with Gasteiger partial charge in [-0.2, -0.15) is 0 Å². The molecule has 2 atom stereocenters. The van der Waals surface area contributed by atoms with Gasteiger partial charge in [-0.25, -0.2) is 0 Å². The van der Waals surface area contributed by atoms with Crippen LogP contribution in [0.25, 0.3) is 5.73 Å². The molecule has 15 nitrogen and oxygen atoms in total. The maximum Gasteiger partial charge on any atom is 0.293 e. The molecule has 8 N–H and O–H groups in total. The molecular weight excluding hydrogens is 894 g/mol. The second-order valence-electron chi connectivity index (χ2n) is 10.6. The van der Waals surface area contributed by atoms with Gasteiger partial charge in [-0.1, -0.05) is 99.1 Å². The van der Waals surface area contributed by atoms with Crippen molar-refractivity contribution in [1.82, 2.24) is 10.6 Å². The predicted molar refractivity (Wildman–Crippen MR) is 224 cm³/mol. The predicted octanol–water partition coefficient (Wildman–Crippen LogP) is 4.85. The molecule has 56 heavy (non-hydrogen) atoms. The summed E-state index contributed by atoms with van der Waals surface area (Å²) >= 11 is 0. The molecule has 2 amide bonds. The average molecular weight is 977 g/mol. The molecule has 2 unspecified atom stereocenters. The first-order valence-electron chi connectivity index (χ1n) is 19.8. The molecule has 16 heteroatoms. The van der Waals surface area contributed by atoms with Gasteiger partial charge < -0.3 is 61.4 Å². The number of carbonyl (C=O) groups excluding carboxylic acids is 4. The van der Waals surface area contributed by atoms with E-state index in [9.17, 15) is 19.2 Å². The fraction of sp³-hybridized carbons (Fsp3) is 0.750. The van der Waals surface area contributed by atoms with Crippen LogP contribution in [0.1, 0.15) is 100.0 Å². The van der Waals surface area contributed by atoms with Crippen LogP contribution in [0.4, 0.5) is 0 Å². The molecule has 0 aliphatic rings. The van der Waals surface area contributed by atoms with E-state index >= 15 is 0 Å². The van der Waals surface area contributed by atoms with Crippen molar-refractivity contribution < 1.29 is 69.0 Å². The van der Waals surface area contributed by atoms with E-state index in [1.807, 2.05) is 92.6 Å². The van der Waals surface area contributed by atoms with E-state index in [-0.39, 0.29) is 57.8 Å². The smallest absolute Gasteiger partial charge is 0.293 e. The molecular formula is C40H82N5O10W-. The number of aldehydes is 1. The Morgan fingerprint density at radius 3 is 1.66 bits per heavy atom. The van der Waals surface area contributed by atoms with Gasteiger partial charge in [0.1, 0.15) is 12.9 Å². The van der Waals surface area contributed by atoms with Gasteiger partial charge in [0.05, 0.1) is 58.3 Å². The molecule has 0 saturated heterocycles. The number of ether oxygens (including phenoxy) is 5. The van der Waals surface area contributed by atoms with Crippen LogP contribution in [0.5, 0.6) is 0 Å². The Morgan fingerprint density at radius 2 is 1.30 bits per heavy atom. The first-order valence-corrected chi connectivity index (χ1v) is 19.8. The van der Waals surface area contributed by atoms with Gasteiger partial charge in [0.2, 0.25) is 11.8 Å². The number of amides is 2. The summed E-state index contributed by atoms with van der Waals surface area (Å²) in [5, 5.41) is 13.4. The summed E-state index contributed by atoms with van der Waals surface area (Å²) in [7, 11) is 1.73. The Hall–Kier alpha value is -2.33. The van der Waals surface area contributed by atoms with E-state index in [0.717, 1.165) is 37.5 Å². The first kappa shape index (κ1) is 68.4. The van der Waals surface area contributed by atoms with Crippen LogP contribution >= 0.6 is 0 Å². The monoisotopic (exact) mass is 977 g/mol. The van der Waals surface area contributed by atoms with Crippen LogP contribution in [-0.4, -0.2) is 121 Å². The molecule has 0 bridgehead atoms. The second kappa shape index (κ2) is 64.6. The molecule has 0 saturated carbocycles. The summed E-state index contributed by atoms with van der Waals surface area (Å²) in [4.78, 5) is 42.8. The van der Waals surface area contributed by atoms with Crippen molar-refractivity contribution >= 4 is 24.6 Å². The van der Waals surface area contributed by atoms with Gasteiger partial charge in [0.25, 0.3) is 6.47 Å². The van der Waals surface area contributed by atoms with Crippen LogP contribution in [-0.2, 0) is 70.5 Å². The molecule has 1 aromatic carbocycles. The van der Waals surface area contributed by atoms with Crippen molar-refractivity contribution in [3.63, 3.8) is 0 Å². The Labute approximate surface area is 354 Å². The number of aliphatic hydroxyl groups is 1. The second-order valence-corrected chi connectivity index (χ2v) is 10.6. The maximum absolute atomic E-state index is 11.6. The number of nitrogens with two attached hydrogens (primary N) is 2. The number of unbranched alkanes of at least 4 members (excludes halogenated alkanes) is 1. The van der Waals surface area contributed by atoms with E-state index in [2.05, 4.69) is 15.4 Å². The molecule has 1 rings (SSSR count). The number of carbonyl (C=O) groups is 4. The van der Waals surface area contributed by atoms with Gasteiger partial charge in [-0.3, -0.25) is 14.4 Å². The Kier molecular flexibility index (Phi) is 78.8. The normalized spacial score (nSPS) is 10.2. The molecule has 0 radical (unpaired) electrons. The molecule has 1 aromatic rings. The first-order chi connectivity index (χ1) is 26.7. The van der Waals surface area contributed by atoms with Crippen LogP contribution < -0.4 is 22.1 Å². The largest absolute Gasteiger partial charge is 0.676 e. The number of primary amides is 1. The molecule has 0 aliphatic heterocycles. The minimum atomic E-state index is -0.446. The maximum atomic E-state index is 11.6. The zero-order valence-corrected chi connectivity index (χ0v) is 39.4. The minimum Gasteiger partial charge on any atom is -0.676 e. The van der Waals surface area contributed by atoms with E-state index in [4.69, 9.17) is 41.3 Å². The van der Waals surface area contributed by atoms with Crippen LogP contribution in [0.3, 0.4) is 0 Å². The summed E-state index contributed by atoms with van der Waals surface area (Å²) < 4.78 is 25.5. The van der Waals surface area contributed by atoms with Crippen LogP contribution in [0, 0.1) is 5.92 Å². The van der Waals surface area contributed by atoms with Crippen LogP contribution in [0.15, 0.2) is 30.3 Å². The SMILES string of the molecule is CC.CC.CC.CC(C)C(C=O)NC(=O)CCOCCOCCOCCOCC[NH-].CCCO.CNC(CCCCN)C(N)=O.O=COCc1ccccc1.[W]. The van der Waals surface area contributed by atoms with E-state index < -0.39 is 6.04 Å². The number of benzene rings is 1. The van der Waals surface area contributed by atoms with E-state index in [0.29, 0.717) is 79.1 Å². The average Bonchev–Trinajstić information content (AvgIpc) is 3.22. The summed E-state index contributed by atoms with van der Waals surface area (Å²) in [6.07, 6.45) is 4.53. The summed E-state index contributed by atoms with van der Waals surface area (Å²) in [5.74, 6) is -0.403. The van der Waals surface area contributed by atoms with Gasteiger partial charge in [0.15, 0.2) is 0 Å². The van der Waals surface area contributed by atoms with Crippen molar-refractivity contribution in [2.75, 3.05) is 79.6 Å². The number of rotatable bonds is 27. The summed E-state index contributed by atoms with van der Waals surface area (Å²) in [6, 6.07) is 8.91. The van der Waals surface area contributed by atoms with E-state index in [1.165, 1.54) is 0 Å². The van der Waals surface area contributed by atoms with Gasteiger partial charge in [-0.05, 0) is 44.3 Å². The van der Waals surface area contributed by atoms with E-state index in [1.54, 1.807) is 7.05 Å². The summed E-state index contributed by atoms with van der Waals surface area (Å²) in [6.45, 7) is 23.3. The van der Waals surface area contributed by atoms with Crippen molar-refractivity contribution in [1.29, 1.82) is 0 Å².